The van der Waals surface area contributed by atoms with Gasteiger partial charge in [0.25, 0.3) is 0 Å². The van der Waals surface area contributed by atoms with Gasteiger partial charge in [0, 0.05) is 41.6 Å². The van der Waals surface area contributed by atoms with Crippen LogP contribution in [0.2, 0.25) is 10.0 Å². The Morgan fingerprint density at radius 1 is 1.19 bits per heavy atom. The number of carbonyl (C=O) groups is 1. The molecule has 0 spiro atoms. The summed E-state index contributed by atoms with van der Waals surface area (Å²) in [5.41, 5.74) is 3.31. The van der Waals surface area contributed by atoms with Crippen molar-refractivity contribution in [1.82, 2.24) is 24.6 Å². The summed E-state index contributed by atoms with van der Waals surface area (Å²) in [6.07, 6.45) is 7.20. The summed E-state index contributed by atoms with van der Waals surface area (Å²) < 4.78 is 1.90. The lowest BCUT2D eigenvalue weighted by Gasteiger charge is -2.39. The van der Waals surface area contributed by atoms with Gasteiger partial charge < -0.3 is 10.0 Å². The van der Waals surface area contributed by atoms with Crippen molar-refractivity contribution in [3.63, 3.8) is 0 Å². The van der Waals surface area contributed by atoms with Crippen LogP contribution in [0.25, 0.3) is 11.2 Å². The van der Waals surface area contributed by atoms with Crippen LogP contribution in [0.4, 0.5) is 5.82 Å². The maximum atomic E-state index is 11.1. The van der Waals surface area contributed by atoms with Crippen LogP contribution >= 0.6 is 23.2 Å². The summed E-state index contributed by atoms with van der Waals surface area (Å²) in [5, 5.41) is 15.1. The number of hydrogen-bond donors (Lipinski definition) is 1. The van der Waals surface area contributed by atoms with Crippen LogP contribution in [0.5, 0.6) is 0 Å². The lowest BCUT2D eigenvalue weighted by molar-refractivity contribution is -0.137. The highest BCUT2D eigenvalue weighted by molar-refractivity contribution is 6.35. The molecule has 2 aliphatic rings. The summed E-state index contributed by atoms with van der Waals surface area (Å²) in [4.78, 5) is 25.7. The Bertz CT molecular complexity index is 1260. The van der Waals surface area contributed by atoms with Gasteiger partial charge in [0.05, 0.1) is 17.9 Å². The predicted octanol–water partition coefficient (Wildman–Crippen LogP) is 5.35. The van der Waals surface area contributed by atoms with Gasteiger partial charge in [-0.2, -0.15) is 5.10 Å². The molecule has 5 rings (SSSR count). The molecule has 1 aromatic carbocycles. The van der Waals surface area contributed by atoms with Crippen molar-refractivity contribution in [1.29, 1.82) is 0 Å². The fourth-order valence-electron chi connectivity index (χ4n) is 5.80. The van der Waals surface area contributed by atoms with E-state index < -0.39 is 5.97 Å². The van der Waals surface area contributed by atoms with E-state index in [-0.39, 0.29) is 12.5 Å². The number of carboxylic acid groups (broad SMARTS) is 1. The summed E-state index contributed by atoms with van der Waals surface area (Å²) in [5.74, 6) is 0.160. The molecule has 0 saturated carbocycles. The minimum Gasteiger partial charge on any atom is -0.481 e. The number of likely N-dealkylation sites (tertiary alicyclic amines) is 1. The van der Waals surface area contributed by atoms with Crippen LogP contribution in [0.1, 0.15) is 62.7 Å². The molecule has 4 heterocycles. The first-order valence-electron chi connectivity index (χ1n) is 12.7. The van der Waals surface area contributed by atoms with Crippen LogP contribution in [0.15, 0.2) is 24.4 Å². The molecule has 2 atom stereocenters. The SMILES string of the molecule is Cc1nn(C(C)c2ccc(Cl)cc2Cl)c2nc(N3CCC(N4CCCC4CCC(=O)O)CC3)cnc12. The van der Waals surface area contributed by atoms with Gasteiger partial charge in [0.15, 0.2) is 5.65 Å². The van der Waals surface area contributed by atoms with E-state index in [1.165, 1.54) is 0 Å². The Morgan fingerprint density at radius 3 is 2.69 bits per heavy atom. The molecule has 2 aliphatic heterocycles. The zero-order valence-corrected chi connectivity index (χ0v) is 22.2. The Kier molecular flexibility index (Phi) is 7.37. The van der Waals surface area contributed by atoms with Crippen LogP contribution in [0.3, 0.4) is 0 Å². The number of piperidine rings is 1. The number of aliphatic carboxylic acids is 1. The molecular formula is C26H32Cl2N6O2. The fraction of sp³-hybridized carbons (Fsp3) is 0.538. The van der Waals surface area contributed by atoms with Crippen molar-refractivity contribution in [2.75, 3.05) is 24.5 Å². The minimum atomic E-state index is -0.701. The third kappa shape index (κ3) is 5.04. The van der Waals surface area contributed by atoms with Gasteiger partial charge in [-0.15, -0.1) is 0 Å². The number of aromatic nitrogens is 4. The molecular weight excluding hydrogens is 499 g/mol. The highest BCUT2D eigenvalue weighted by atomic mass is 35.5. The number of nitrogens with zero attached hydrogens (tertiary/aromatic N) is 6. The third-order valence-electron chi connectivity index (χ3n) is 7.71. The standard InChI is InChI=1S/C26H32Cl2N6O2/c1-16-25-26(34(31-16)17(2)21-7-5-18(27)14-22(21)28)30-23(15-29-25)32-12-9-20(10-13-32)33-11-3-4-19(33)6-8-24(35)36/h5,7,14-15,17,19-20H,3-4,6,8-13H2,1-2H3,(H,35,36). The van der Waals surface area contributed by atoms with Crippen LogP contribution < -0.4 is 4.90 Å². The first-order valence-corrected chi connectivity index (χ1v) is 13.5. The number of anilines is 1. The molecule has 2 unspecified atom stereocenters. The van der Waals surface area contributed by atoms with Gasteiger partial charge in [-0.1, -0.05) is 29.3 Å². The number of fused-ring (bicyclic) bond motifs is 1. The number of halogens is 2. The molecule has 2 saturated heterocycles. The van der Waals surface area contributed by atoms with Crippen molar-refractivity contribution in [3.05, 3.63) is 45.7 Å². The van der Waals surface area contributed by atoms with Crippen molar-refractivity contribution >= 4 is 46.2 Å². The number of carboxylic acids is 1. The second-order valence-electron chi connectivity index (χ2n) is 9.96. The highest BCUT2D eigenvalue weighted by Gasteiger charge is 2.33. The molecule has 0 radical (unpaired) electrons. The predicted molar refractivity (Wildman–Crippen MR) is 142 cm³/mol. The Balaban J connectivity index is 1.32. The Morgan fingerprint density at radius 2 is 1.97 bits per heavy atom. The summed E-state index contributed by atoms with van der Waals surface area (Å²) in [6, 6.07) is 6.29. The fourth-order valence-corrected chi connectivity index (χ4v) is 6.37. The monoisotopic (exact) mass is 530 g/mol. The molecule has 0 aliphatic carbocycles. The summed E-state index contributed by atoms with van der Waals surface area (Å²) in [7, 11) is 0. The van der Waals surface area contributed by atoms with Gasteiger partial charge in [-0.05, 0) is 70.2 Å². The number of benzene rings is 1. The molecule has 192 valence electrons. The zero-order valence-electron chi connectivity index (χ0n) is 20.7. The first kappa shape index (κ1) is 25.2. The van der Waals surface area contributed by atoms with Crippen molar-refractivity contribution in [3.8, 4) is 0 Å². The van der Waals surface area contributed by atoms with Crippen LogP contribution in [0, 0.1) is 6.92 Å². The molecule has 2 aromatic heterocycles. The number of rotatable bonds is 7. The van der Waals surface area contributed by atoms with Crippen LogP contribution in [-0.2, 0) is 4.79 Å². The second-order valence-corrected chi connectivity index (χ2v) is 10.8. The van der Waals surface area contributed by atoms with Crippen molar-refractivity contribution < 1.29 is 9.90 Å². The quantitative estimate of drug-likeness (QED) is 0.440. The van der Waals surface area contributed by atoms with Gasteiger partial charge in [-0.25, -0.2) is 14.6 Å². The van der Waals surface area contributed by atoms with E-state index in [9.17, 15) is 4.79 Å². The highest BCUT2D eigenvalue weighted by Crippen LogP contribution is 2.32. The van der Waals surface area contributed by atoms with Gasteiger partial charge in [0.2, 0.25) is 0 Å². The van der Waals surface area contributed by atoms with E-state index in [0.717, 1.165) is 80.0 Å². The summed E-state index contributed by atoms with van der Waals surface area (Å²) in [6.45, 7) is 6.88. The van der Waals surface area contributed by atoms with E-state index in [2.05, 4.69) is 16.7 Å². The molecule has 1 N–H and O–H groups in total. The zero-order chi connectivity index (χ0) is 25.4. The topological polar surface area (TPSA) is 87.4 Å². The van der Waals surface area contributed by atoms with E-state index >= 15 is 0 Å². The molecule has 10 heteroatoms. The average Bonchev–Trinajstić information content (AvgIpc) is 3.46. The lowest BCUT2D eigenvalue weighted by Crippen LogP contribution is -2.47. The minimum absolute atomic E-state index is 0.126. The van der Waals surface area contributed by atoms with Crippen molar-refractivity contribution in [2.24, 2.45) is 0 Å². The normalized spacial score (nSPS) is 20.3. The van der Waals surface area contributed by atoms with E-state index in [1.807, 2.05) is 29.9 Å². The van der Waals surface area contributed by atoms with Crippen molar-refractivity contribution in [2.45, 2.75) is 70.5 Å². The average molecular weight is 531 g/mol. The largest absolute Gasteiger partial charge is 0.481 e. The van der Waals surface area contributed by atoms with Crippen LogP contribution in [-0.4, -0.2) is 67.4 Å². The van der Waals surface area contributed by atoms with E-state index in [4.69, 9.17) is 43.4 Å². The third-order valence-corrected chi connectivity index (χ3v) is 8.27. The van der Waals surface area contributed by atoms with Gasteiger partial charge in [-0.3, -0.25) is 9.69 Å². The molecule has 0 amide bonds. The molecule has 8 nitrogen and oxygen atoms in total. The molecule has 3 aromatic rings. The number of hydrogen-bond acceptors (Lipinski definition) is 6. The Hall–Kier alpha value is -2.42. The van der Waals surface area contributed by atoms with E-state index in [0.29, 0.717) is 22.1 Å². The maximum Gasteiger partial charge on any atom is 0.303 e. The van der Waals surface area contributed by atoms with Gasteiger partial charge in [0.1, 0.15) is 11.3 Å². The molecule has 36 heavy (non-hydrogen) atoms. The van der Waals surface area contributed by atoms with Gasteiger partial charge >= 0.3 is 5.97 Å². The smallest absolute Gasteiger partial charge is 0.303 e. The first-order chi connectivity index (χ1) is 17.3. The summed E-state index contributed by atoms with van der Waals surface area (Å²) >= 11 is 12.6. The lowest BCUT2D eigenvalue weighted by atomic mass is 10.0. The maximum absolute atomic E-state index is 11.1. The van der Waals surface area contributed by atoms with E-state index in [1.54, 1.807) is 6.07 Å². The molecule has 2 fully saturated rings. The molecule has 0 bridgehead atoms. The Labute approximate surface area is 221 Å². The second kappa shape index (κ2) is 10.5. The number of aryl methyl sites for hydroxylation is 1.